The minimum atomic E-state index is -4.42. The molecule has 0 saturated carbocycles. The van der Waals surface area contributed by atoms with Crippen molar-refractivity contribution in [2.45, 2.75) is 290 Å². The third-order valence-electron chi connectivity index (χ3n) is 15.4. The maximum Gasteiger partial charge on any atom is 0.472 e. The maximum atomic E-state index is 12.9. The number of quaternary nitrogens is 1. The molecule has 0 aromatic heterocycles. The summed E-state index contributed by atoms with van der Waals surface area (Å²) in [4.78, 5) is 35.9. The summed E-state index contributed by atoms with van der Waals surface area (Å²) in [6.45, 7) is 4.17. The van der Waals surface area contributed by atoms with Crippen LogP contribution in [0.25, 0.3) is 0 Å². The van der Waals surface area contributed by atoms with Crippen molar-refractivity contribution in [2.75, 3.05) is 47.5 Å². The zero-order valence-corrected chi connectivity index (χ0v) is 61.5. The Labute approximate surface area is 578 Å². The van der Waals surface area contributed by atoms with Gasteiger partial charge in [-0.2, -0.15) is 0 Å². The third-order valence-corrected chi connectivity index (χ3v) is 16.4. The molecule has 0 aliphatic heterocycles. The fraction of sp³-hybridized carbons (Fsp3) is 0.619. The molecule has 0 fully saturated rings. The van der Waals surface area contributed by atoms with Crippen LogP contribution in [0.15, 0.2) is 182 Å². The van der Waals surface area contributed by atoms with Crippen molar-refractivity contribution in [3.8, 4) is 0 Å². The van der Waals surface area contributed by atoms with E-state index < -0.39 is 26.5 Å². The lowest BCUT2D eigenvalue weighted by Crippen LogP contribution is -2.37. The molecule has 1 N–H and O–H groups in total. The van der Waals surface area contributed by atoms with Gasteiger partial charge in [0.25, 0.3) is 0 Å². The highest BCUT2D eigenvalue weighted by Crippen LogP contribution is 2.43. The smallest absolute Gasteiger partial charge is 0.462 e. The van der Waals surface area contributed by atoms with Crippen LogP contribution in [0.4, 0.5) is 0 Å². The van der Waals surface area contributed by atoms with Gasteiger partial charge < -0.3 is 18.9 Å². The third kappa shape index (κ3) is 76.1. The molecule has 0 spiro atoms. The van der Waals surface area contributed by atoms with Gasteiger partial charge in [-0.3, -0.25) is 18.6 Å². The lowest BCUT2D eigenvalue weighted by Gasteiger charge is -2.24. The second-order valence-electron chi connectivity index (χ2n) is 25.6. The summed E-state index contributed by atoms with van der Waals surface area (Å²) in [7, 11) is 1.44. The molecule has 0 aliphatic rings. The molecule has 10 heteroatoms. The molecule has 0 heterocycles. The van der Waals surface area contributed by atoms with Crippen molar-refractivity contribution in [1.29, 1.82) is 0 Å². The minimum absolute atomic E-state index is 0.0166. The first-order valence-electron chi connectivity index (χ1n) is 37.5. The fourth-order valence-electron chi connectivity index (χ4n) is 9.78. The summed E-state index contributed by atoms with van der Waals surface area (Å²) in [5.74, 6) is -0.840. The fourth-order valence-corrected chi connectivity index (χ4v) is 10.5. The highest BCUT2D eigenvalue weighted by molar-refractivity contribution is 7.47. The highest BCUT2D eigenvalue weighted by Gasteiger charge is 2.27. The molecular formula is C84H139NO8P+. The summed E-state index contributed by atoms with van der Waals surface area (Å²) in [6, 6.07) is 0. The number of phosphoric ester groups is 1. The molecule has 0 rings (SSSR count). The first-order valence-corrected chi connectivity index (χ1v) is 39.0. The Morgan fingerprint density at radius 2 is 0.574 bits per heavy atom. The summed E-state index contributed by atoms with van der Waals surface area (Å²) in [5, 5.41) is 0. The van der Waals surface area contributed by atoms with E-state index in [9.17, 15) is 19.0 Å². The molecule has 0 bridgehead atoms. The second kappa shape index (κ2) is 72.4. The summed E-state index contributed by atoms with van der Waals surface area (Å²) < 4.78 is 34.7. The Morgan fingerprint density at radius 3 is 0.862 bits per heavy atom. The van der Waals surface area contributed by atoms with E-state index in [1.54, 1.807) is 0 Å². The van der Waals surface area contributed by atoms with E-state index in [4.69, 9.17) is 18.5 Å². The highest BCUT2D eigenvalue weighted by atomic mass is 31.2. The van der Waals surface area contributed by atoms with Crippen molar-refractivity contribution in [2.24, 2.45) is 0 Å². The Balaban J connectivity index is 4.13. The number of likely N-dealkylation sites (N-methyl/N-ethyl adjacent to an activating group) is 1. The molecule has 532 valence electrons. The molecule has 2 unspecified atom stereocenters. The van der Waals surface area contributed by atoms with Crippen LogP contribution in [-0.2, 0) is 32.7 Å². The number of rotatable bonds is 67. The van der Waals surface area contributed by atoms with Crippen LogP contribution in [0.1, 0.15) is 284 Å². The van der Waals surface area contributed by atoms with Gasteiger partial charge in [-0.15, -0.1) is 0 Å². The van der Waals surface area contributed by atoms with Crippen molar-refractivity contribution in [3.63, 3.8) is 0 Å². The normalized spacial score (nSPS) is 14.1. The molecule has 0 aromatic rings. The van der Waals surface area contributed by atoms with Gasteiger partial charge in [0.1, 0.15) is 19.8 Å². The van der Waals surface area contributed by atoms with Gasteiger partial charge in [-0.25, -0.2) is 4.57 Å². The standard InChI is InChI=1S/C84H138NO8P/c1-6-8-10-12-14-16-18-20-22-24-26-28-30-32-34-36-38-40-41-42-43-45-47-49-51-53-55-57-59-61-63-65-67-69-71-73-75-77-84(87)93-82(81-92-94(88,89)91-79-78-85(3,4)5)80-90-83(86)76-74-72-70-68-66-64-62-60-58-56-54-52-50-48-46-44-39-37-35-33-31-29-27-25-23-21-19-17-15-13-11-9-7-2/h8-11,14-17,20-23,26-29,32,34,38,40,42-43,47,49,53,55,59,61,65,67,82H,6-7,12-13,18-19,24-25,30-31,33,35-37,39,41,44-46,48,50-52,54,56-58,60,62-64,66,68-81H2,1-5H3/p+1/b10-8-,11-9-,16-14-,17-15-,22-20-,23-21-,28-26-,29-27-,34-32-,40-38-,43-42-,49-47-,55-53-,61-59-,67-65-. The Bertz CT molecular complexity index is 2240. The number of unbranched alkanes of at least 4 members (excludes halogenated alkanes) is 23. The molecule has 2 atom stereocenters. The van der Waals surface area contributed by atoms with E-state index in [1.165, 1.54) is 116 Å². The van der Waals surface area contributed by atoms with E-state index in [2.05, 4.69) is 196 Å². The summed E-state index contributed by atoms with van der Waals surface area (Å²) >= 11 is 0. The lowest BCUT2D eigenvalue weighted by atomic mass is 10.0. The van der Waals surface area contributed by atoms with Crippen LogP contribution in [0, 0.1) is 0 Å². The lowest BCUT2D eigenvalue weighted by molar-refractivity contribution is -0.870. The molecule has 0 aromatic carbocycles. The van der Waals surface area contributed by atoms with E-state index in [-0.39, 0.29) is 32.0 Å². The molecule has 94 heavy (non-hydrogen) atoms. The summed E-state index contributed by atoms with van der Waals surface area (Å²) in [6.07, 6.45) is 112. The van der Waals surface area contributed by atoms with Gasteiger partial charge in [-0.05, 0) is 135 Å². The largest absolute Gasteiger partial charge is 0.472 e. The number of allylic oxidation sites excluding steroid dienone is 30. The van der Waals surface area contributed by atoms with Gasteiger partial charge in [-0.1, -0.05) is 318 Å². The first kappa shape index (κ1) is 89.1. The minimum Gasteiger partial charge on any atom is -0.462 e. The van der Waals surface area contributed by atoms with Gasteiger partial charge in [0.05, 0.1) is 27.7 Å². The van der Waals surface area contributed by atoms with Crippen LogP contribution < -0.4 is 0 Å². The Morgan fingerprint density at radius 1 is 0.330 bits per heavy atom. The monoisotopic (exact) mass is 1320 g/mol. The molecule has 9 nitrogen and oxygen atoms in total. The van der Waals surface area contributed by atoms with E-state index >= 15 is 0 Å². The second-order valence-corrected chi connectivity index (χ2v) is 27.0. The number of hydrogen-bond acceptors (Lipinski definition) is 7. The Kier molecular flexibility index (Phi) is 68.6. The number of esters is 2. The zero-order chi connectivity index (χ0) is 68.3. The Hall–Kier alpha value is -4.89. The molecule has 0 radical (unpaired) electrons. The molecule has 0 amide bonds. The van der Waals surface area contributed by atoms with Crippen LogP contribution >= 0.6 is 7.82 Å². The topological polar surface area (TPSA) is 108 Å². The number of nitrogens with zero attached hydrogens (tertiary/aromatic N) is 1. The summed E-state index contributed by atoms with van der Waals surface area (Å²) in [5.41, 5.74) is 0. The van der Waals surface area contributed by atoms with E-state index in [1.807, 2.05) is 21.1 Å². The van der Waals surface area contributed by atoms with Crippen LogP contribution in [0.3, 0.4) is 0 Å². The predicted molar refractivity (Wildman–Crippen MR) is 408 cm³/mol. The molecule has 0 saturated heterocycles. The zero-order valence-electron chi connectivity index (χ0n) is 60.6. The predicted octanol–water partition coefficient (Wildman–Crippen LogP) is 25.0. The van der Waals surface area contributed by atoms with Gasteiger partial charge in [0.2, 0.25) is 0 Å². The number of hydrogen-bond donors (Lipinski definition) is 1. The number of ether oxygens (including phenoxy) is 2. The van der Waals surface area contributed by atoms with Gasteiger partial charge >= 0.3 is 19.8 Å². The quantitative estimate of drug-likeness (QED) is 0.0211. The SMILES string of the molecule is CC/C=C\C/C=C\C/C=C\C/C=C\C/C=C\C/C=C\C/C=C\C/C=C\C/C=C\C/C=C\C/C=C\CCCCCC(=O)OC(COC(=O)CCCCCCCCCCCCCCCCCCCCCC/C=C\C/C=C\C/C=C\C/C=C\CC)COP(=O)(O)OCC[N+](C)(C)C. The van der Waals surface area contributed by atoms with Crippen molar-refractivity contribution >= 4 is 19.8 Å². The van der Waals surface area contributed by atoms with Crippen LogP contribution in [-0.4, -0.2) is 74.9 Å². The number of phosphoric acid groups is 1. The molecular weight excluding hydrogens is 1180 g/mol. The van der Waals surface area contributed by atoms with Crippen LogP contribution in [0.5, 0.6) is 0 Å². The number of carbonyl (C=O) groups is 2. The van der Waals surface area contributed by atoms with Crippen molar-refractivity contribution < 1.29 is 42.1 Å². The average molecular weight is 1320 g/mol. The van der Waals surface area contributed by atoms with E-state index in [0.29, 0.717) is 17.4 Å². The molecule has 0 aliphatic carbocycles. The maximum absolute atomic E-state index is 12.9. The van der Waals surface area contributed by atoms with Gasteiger partial charge in [0, 0.05) is 12.8 Å². The van der Waals surface area contributed by atoms with Crippen molar-refractivity contribution in [3.05, 3.63) is 182 Å². The average Bonchev–Trinajstić information content (AvgIpc) is 1.56. The number of carbonyl (C=O) groups excluding carboxylic acids is 2. The van der Waals surface area contributed by atoms with Crippen LogP contribution in [0.2, 0.25) is 0 Å². The van der Waals surface area contributed by atoms with Crippen molar-refractivity contribution in [1.82, 2.24) is 0 Å². The van der Waals surface area contributed by atoms with E-state index in [0.717, 1.165) is 135 Å². The first-order chi connectivity index (χ1) is 46.0. The van der Waals surface area contributed by atoms with Gasteiger partial charge in [0.15, 0.2) is 6.10 Å².